The molecular formula is C12H12O4. The summed E-state index contributed by atoms with van der Waals surface area (Å²) >= 11 is 0. The van der Waals surface area contributed by atoms with Crippen LogP contribution in [0.15, 0.2) is 18.2 Å². The van der Waals surface area contributed by atoms with Crippen LogP contribution in [0.5, 0.6) is 5.75 Å². The van der Waals surface area contributed by atoms with Crippen LogP contribution >= 0.6 is 0 Å². The Kier molecular flexibility index (Phi) is 2.64. The lowest BCUT2D eigenvalue weighted by Crippen LogP contribution is -2.34. The number of carbonyl (C=O) groups is 2. The lowest BCUT2D eigenvalue weighted by atomic mass is 9.99. The molecule has 1 heterocycles. The molecule has 1 unspecified atom stereocenters. The van der Waals surface area contributed by atoms with Gasteiger partial charge < -0.3 is 9.47 Å². The summed E-state index contributed by atoms with van der Waals surface area (Å²) in [6, 6.07) is 5.32. The summed E-state index contributed by atoms with van der Waals surface area (Å²) in [4.78, 5) is 23.0. The van der Waals surface area contributed by atoms with Crippen LogP contribution in [-0.2, 0) is 9.53 Å². The molecule has 2 rings (SSSR count). The van der Waals surface area contributed by atoms with Gasteiger partial charge in [-0.1, -0.05) is 6.07 Å². The van der Waals surface area contributed by atoms with Crippen molar-refractivity contribution in [3.63, 3.8) is 0 Å². The van der Waals surface area contributed by atoms with Gasteiger partial charge in [0.2, 0.25) is 6.10 Å². The molecule has 0 fully saturated rings. The Hall–Kier alpha value is -1.84. The summed E-state index contributed by atoms with van der Waals surface area (Å²) in [6.45, 7) is 1.90. The fourth-order valence-corrected chi connectivity index (χ4v) is 1.69. The van der Waals surface area contributed by atoms with Gasteiger partial charge in [-0.2, -0.15) is 0 Å². The fourth-order valence-electron chi connectivity index (χ4n) is 1.69. The zero-order valence-electron chi connectivity index (χ0n) is 9.15. The van der Waals surface area contributed by atoms with Gasteiger partial charge in [0.1, 0.15) is 5.75 Å². The number of methoxy groups -OCH3 is 1. The van der Waals surface area contributed by atoms with E-state index in [1.807, 2.05) is 13.0 Å². The molecule has 0 spiro atoms. The number of aryl methyl sites for hydroxylation is 1. The lowest BCUT2D eigenvalue weighted by molar-refractivity contribution is -0.149. The van der Waals surface area contributed by atoms with Gasteiger partial charge in [-0.05, 0) is 24.6 Å². The normalized spacial score (nSPS) is 18.6. The molecule has 1 atom stereocenters. The zero-order valence-corrected chi connectivity index (χ0v) is 9.15. The van der Waals surface area contributed by atoms with Crippen LogP contribution < -0.4 is 4.74 Å². The fraction of sp³-hybridized carbons (Fsp3) is 0.333. The SMILES string of the molecule is COC(=O)C1CC(=O)c2ccc(C)cc2O1. The Morgan fingerprint density at radius 2 is 2.25 bits per heavy atom. The number of hydrogen-bond acceptors (Lipinski definition) is 4. The maximum absolute atomic E-state index is 11.7. The Labute approximate surface area is 93.2 Å². The molecule has 84 valence electrons. The monoisotopic (exact) mass is 220 g/mol. The highest BCUT2D eigenvalue weighted by Gasteiger charge is 2.31. The number of ketones is 1. The van der Waals surface area contributed by atoms with E-state index < -0.39 is 12.1 Å². The number of fused-ring (bicyclic) bond motifs is 1. The first kappa shape index (κ1) is 10.7. The summed E-state index contributed by atoms with van der Waals surface area (Å²) in [7, 11) is 1.28. The average Bonchev–Trinajstić information content (AvgIpc) is 2.27. The van der Waals surface area contributed by atoms with E-state index in [9.17, 15) is 9.59 Å². The van der Waals surface area contributed by atoms with Gasteiger partial charge in [0.15, 0.2) is 5.78 Å². The number of carbonyl (C=O) groups excluding carboxylic acids is 2. The van der Waals surface area contributed by atoms with E-state index in [2.05, 4.69) is 4.74 Å². The minimum atomic E-state index is -0.813. The second-order valence-corrected chi connectivity index (χ2v) is 3.76. The van der Waals surface area contributed by atoms with Crippen LogP contribution in [-0.4, -0.2) is 25.0 Å². The summed E-state index contributed by atoms with van der Waals surface area (Å²) < 4.78 is 10.0. The molecule has 0 amide bonds. The van der Waals surface area contributed by atoms with Crippen molar-refractivity contribution in [2.24, 2.45) is 0 Å². The van der Waals surface area contributed by atoms with E-state index in [0.29, 0.717) is 11.3 Å². The standard InChI is InChI=1S/C12H12O4/c1-7-3-4-8-9(13)6-11(12(14)15-2)16-10(8)5-7/h3-5,11H,6H2,1-2H3. The second-order valence-electron chi connectivity index (χ2n) is 3.76. The first-order chi connectivity index (χ1) is 7.61. The highest BCUT2D eigenvalue weighted by atomic mass is 16.6. The third kappa shape index (κ3) is 1.78. The Bertz CT molecular complexity index is 450. The number of esters is 1. The molecule has 1 aliphatic rings. The molecule has 1 aromatic rings. The van der Waals surface area contributed by atoms with Crippen LogP contribution in [0.2, 0.25) is 0 Å². The van der Waals surface area contributed by atoms with Crippen LogP contribution in [0.1, 0.15) is 22.3 Å². The van der Waals surface area contributed by atoms with Crippen molar-refractivity contribution in [2.45, 2.75) is 19.4 Å². The number of hydrogen-bond donors (Lipinski definition) is 0. The zero-order chi connectivity index (χ0) is 11.7. The average molecular weight is 220 g/mol. The summed E-state index contributed by atoms with van der Waals surface area (Å²) in [6.07, 6.45) is -0.769. The molecule has 1 aliphatic heterocycles. The molecule has 16 heavy (non-hydrogen) atoms. The van der Waals surface area contributed by atoms with Gasteiger partial charge in [-0.25, -0.2) is 4.79 Å². The van der Waals surface area contributed by atoms with Gasteiger partial charge in [0, 0.05) is 0 Å². The molecule has 4 heteroatoms. The van der Waals surface area contributed by atoms with Crippen molar-refractivity contribution < 1.29 is 19.1 Å². The van der Waals surface area contributed by atoms with E-state index >= 15 is 0 Å². The number of rotatable bonds is 1. The molecule has 0 saturated carbocycles. The van der Waals surface area contributed by atoms with Crippen LogP contribution in [0.3, 0.4) is 0 Å². The van der Waals surface area contributed by atoms with Crippen molar-refractivity contribution in [3.8, 4) is 5.75 Å². The Morgan fingerprint density at radius 1 is 1.50 bits per heavy atom. The predicted octanol–water partition coefficient (Wildman–Crippen LogP) is 1.50. The minimum absolute atomic E-state index is 0.0444. The van der Waals surface area contributed by atoms with Crippen molar-refractivity contribution in [1.82, 2.24) is 0 Å². The topological polar surface area (TPSA) is 52.6 Å². The number of benzene rings is 1. The van der Waals surface area contributed by atoms with Crippen LogP contribution in [0.25, 0.3) is 0 Å². The molecule has 1 aromatic carbocycles. The van der Waals surface area contributed by atoms with E-state index in [1.54, 1.807) is 12.1 Å². The molecule has 4 nitrogen and oxygen atoms in total. The van der Waals surface area contributed by atoms with Gasteiger partial charge in [-0.15, -0.1) is 0 Å². The van der Waals surface area contributed by atoms with Gasteiger partial charge >= 0.3 is 5.97 Å². The van der Waals surface area contributed by atoms with Crippen molar-refractivity contribution in [3.05, 3.63) is 29.3 Å². The van der Waals surface area contributed by atoms with E-state index in [-0.39, 0.29) is 12.2 Å². The molecule has 0 radical (unpaired) electrons. The lowest BCUT2D eigenvalue weighted by Gasteiger charge is -2.23. The Morgan fingerprint density at radius 3 is 2.94 bits per heavy atom. The summed E-state index contributed by atoms with van der Waals surface area (Å²) in [5.74, 6) is -0.135. The largest absolute Gasteiger partial charge is 0.477 e. The van der Waals surface area contributed by atoms with E-state index in [4.69, 9.17) is 4.74 Å². The quantitative estimate of drug-likeness (QED) is 0.673. The Balaban J connectivity index is 2.34. The third-order valence-corrected chi connectivity index (χ3v) is 2.54. The van der Waals surface area contributed by atoms with Crippen molar-refractivity contribution in [2.75, 3.05) is 7.11 Å². The van der Waals surface area contributed by atoms with E-state index in [0.717, 1.165) is 5.56 Å². The highest BCUT2D eigenvalue weighted by molar-refractivity contribution is 6.02. The molecule has 0 aliphatic carbocycles. The van der Waals surface area contributed by atoms with Crippen molar-refractivity contribution in [1.29, 1.82) is 0 Å². The van der Waals surface area contributed by atoms with Crippen LogP contribution in [0, 0.1) is 6.92 Å². The highest BCUT2D eigenvalue weighted by Crippen LogP contribution is 2.28. The van der Waals surface area contributed by atoms with Gasteiger partial charge in [0.25, 0.3) is 0 Å². The number of Topliss-reactive ketones (excluding diaryl/α,β-unsaturated/α-hetero) is 1. The molecule has 0 N–H and O–H groups in total. The predicted molar refractivity (Wildman–Crippen MR) is 56.6 cm³/mol. The molecule has 0 bridgehead atoms. The summed E-state index contributed by atoms with van der Waals surface area (Å²) in [5, 5.41) is 0. The first-order valence-corrected chi connectivity index (χ1v) is 5.00. The third-order valence-electron chi connectivity index (χ3n) is 2.54. The van der Waals surface area contributed by atoms with Gasteiger partial charge in [0.05, 0.1) is 19.1 Å². The molecule has 0 aromatic heterocycles. The maximum Gasteiger partial charge on any atom is 0.347 e. The summed E-state index contributed by atoms with van der Waals surface area (Å²) in [5.41, 5.74) is 1.52. The van der Waals surface area contributed by atoms with E-state index in [1.165, 1.54) is 7.11 Å². The molecule has 0 saturated heterocycles. The van der Waals surface area contributed by atoms with Gasteiger partial charge in [-0.3, -0.25) is 4.79 Å². The second kappa shape index (κ2) is 3.96. The smallest absolute Gasteiger partial charge is 0.347 e. The van der Waals surface area contributed by atoms with Crippen molar-refractivity contribution >= 4 is 11.8 Å². The number of ether oxygens (including phenoxy) is 2. The molecular weight excluding hydrogens is 208 g/mol. The maximum atomic E-state index is 11.7. The first-order valence-electron chi connectivity index (χ1n) is 5.00. The van der Waals surface area contributed by atoms with Crippen LogP contribution in [0.4, 0.5) is 0 Å². The minimum Gasteiger partial charge on any atom is -0.477 e.